The van der Waals surface area contributed by atoms with Crippen molar-refractivity contribution in [2.75, 3.05) is 9.80 Å². The molecule has 3 aromatic heterocycles. The summed E-state index contributed by atoms with van der Waals surface area (Å²) in [7, 11) is 0. The van der Waals surface area contributed by atoms with Gasteiger partial charge in [-0.2, -0.15) is 0 Å². The fourth-order valence-corrected chi connectivity index (χ4v) is 12.9. The lowest BCUT2D eigenvalue weighted by atomic mass is 10.0. The molecule has 0 saturated carbocycles. The van der Waals surface area contributed by atoms with Gasteiger partial charge in [-0.15, -0.1) is 11.3 Å². The van der Waals surface area contributed by atoms with Gasteiger partial charge in [0.15, 0.2) is 0 Å². The van der Waals surface area contributed by atoms with Gasteiger partial charge in [0.05, 0.1) is 32.5 Å². The van der Waals surface area contributed by atoms with Crippen LogP contribution in [0.1, 0.15) is 0 Å². The highest BCUT2D eigenvalue weighted by Gasteiger charge is 2.23. The largest absolute Gasteiger partial charge is 0.310 e. The zero-order valence-corrected chi connectivity index (χ0v) is 41.6. The molecule has 0 bridgehead atoms. The van der Waals surface area contributed by atoms with Gasteiger partial charge in [-0.1, -0.05) is 164 Å². The SMILES string of the molecule is c1ccc(N(c2ccc(-c3ccccc3N(c3ccccc3)c3ccc4c(c3)c3ccccc3n4-c3ccc4ccccc4c3)cc2)c2ccc3c(c2)c2ccc4c5ccccc5sc4c2n3-c2ccccc2)cc1. The summed E-state index contributed by atoms with van der Waals surface area (Å²) in [5.41, 5.74) is 15.9. The Kier molecular flexibility index (Phi) is 10.0. The van der Waals surface area contributed by atoms with Gasteiger partial charge < -0.3 is 18.9 Å². The van der Waals surface area contributed by atoms with E-state index in [4.69, 9.17) is 0 Å². The molecular weight excluding hydrogens is 929 g/mol. The van der Waals surface area contributed by atoms with Crippen molar-refractivity contribution < 1.29 is 0 Å². The average molecular weight is 975 g/mol. The van der Waals surface area contributed by atoms with Crippen molar-refractivity contribution >= 4 is 120 Å². The maximum absolute atomic E-state index is 2.46. The molecule has 12 aromatic carbocycles. The number of anilines is 6. The summed E-state index contributed by atoms with van der Waals surface area (Å²) in [6.45, 7) is 0. The highest BCUT2D eigenvalue weighted by Crippen LogP contribution is 2.47. The van der Waals surface area contributed by atoms with Crippen LogP contribution >= 0.6 is 11.3 Å². The van der Waals surface area contributed by atoms with E-state index in [2.05, 4.69) is 298 Å². The van der Waals surface area contributed by atoms with Crippen molar-refractivity contribution in [3.05, 3.63) is 279 Å². The van der Waals surface area contributed by atoms with Gasteiger partial charge in [-0.3, -0.25) is 0 Å². The molecule has 0 N–H and O–H groups in total. The molecule has 15 aromatic rings. The van der Waals surface area contributed by atoms with E-state index in [-0.39, 0.29) is 0 Å². The second-order valence-corrected chi connectivity index (χ2v) is 20.4. The fourth-order valence-electron chi connectivity index (χ4n) is 11.7. The number of para-hydroxylation sites is 5. The molecular formula is C70H46N4S. The van der Waals surface area contributed by atoms with Crippen LogP contribution in [-0.4, -0.2) is 9.13 Å². The highest BCUT2D eigenvalue weighted by atomic mass is 32.1. The summed E-state index contributed by atoms with van der Waals surface area (Å²) in [6.07, 6.45) is 0. The second-order valence-electron chi connectivity index (χ2n) is 19.3. The standard InChI is InChI=1S/C70H46N4S/c1-4-20-50(21-5-1)71(55-38-43-67-63(45-55)60-40-41-61-59-28-14-17-31-68(59)75-70(61)69(60)74(67)52-24-8-3-9-25-52)53-35-33-48(34-36-53)57-26-12-15-29-64(57)72(51-22-6-2-7-23-51)56-39-42-66-62(46-56)58-27-13-16-30-65(58)73(66)54-37-32-47-18-10-11-19-49(47)44-54/h1-46H. The van der Waals surface area contributed by atoms with Gasteiger partial charge >= 0.3 is 0 Å². The molecule has 0 saturated heterocycles. The summed E-state index contributed by atoms with van der Waals surface area (Å²) in [5, 5.41) is 9.95. The minimum Gasteiger partial charge on any atom is -0.310 e. The summed E-state index contributed by atoms with van der Waals surface area (Å²) < 4.78 is 7.49. The third kappa shape index (κ3) is 7.04. The van der Waals surface area contributed by atoms with Gasteiger partial charge in [0.25, 0.3) is 0 Å². The van der Waals surface area contributed by atoms with Crippen molar-refractivity contribution in [2.24, 2.45) is 0 Å². The summed E-state index contributed by atoms with van der Waals surface area (Å²) >= 11 is 1.88. The van der Waals surface area contributed by atoms with E-state index in [0.717, 1.165) is 56.6 Å². The van der Waals surface area contributed by atoms with Gasteiger partial charge in [0, 0.05) is 82.4 Å². The summed E-state index contributed by atoms with van der Waals surface area (Å²) in [4.78, 5) is 4.80. The number of fused-ring (bicyclic) bond motifs is 11. The molecule has 0 aliphatic rings. The normalized spacial score (nSPS) is 11.7. The Labute approximate surface area is 438 Å². The molecule has 0 radical (unpaired) electrons. The van der Waals surface area contributed by atoms with Crippen LogP contribution in [0.2, 0.25) is 0 Å². The third-order valence-corrected chi connectivity index (χ3v) is 16.2. The third-order valence-electron chi connectivity index (χ3n) is 15.0. The fraction of sp³-hybridized carbons (Fsp3) is 0. The highest BCUT2D eigenvalue weighted by molar-refractivity contribution is 7.26. The maximum Gasteiger partial charge on any atom is 0.0719 e. The number of hydrogen-bond acceptors (Lipinski definition) is 3. The first-order valence-corrected chi connectivity index (χ1v) is 26.4. The first-order chi connectivity index (χ1) is 37.2. The van der Waals surface area contributed by atoms with Crippen LogP contribution in [0, 0.1) is 0 Å². The molecule has 0 unspecified atom stereocenters. The Bertz CT molecular complexity index is 4650. The predicted octanol–water partition coefficient (Wildman–Crippen LogP) is 20.0. The molecule has 0 amide bonds. The number of aromatic nitrogens is 2. The van der Waals surface area contributed by atoms with Crippen LogP contribution in [-0.2, 0) is 0 Å². The van der Waals surface area contributed by atoms with Crippen LogP contribution in [0.5, 0.6) is 0 Å². The van der Waals surface area contributed by atoms with E-state index < -0.39 is 0 Å². The van der Waals surface area contributed by atoms with Crippen LogP contribution < -0.4 is 9.80 Å². The predicted molar refractivity (Wildman–Crippen MR) is 320 cm³/mol. The Morgan fingerprint density at radius 3 is 1.61 bits per heavy atom. The quantitative estimate of drug-likeness (QED) is 0.143. The molecule has 0 spiro atoms. The molecule has 0 fully saturated rings. The molecule has 0 aliphatic heterocycles. The van der Waals surface area contributed by atoms with E-state index in [9.17, 15) is 0 Å². The number of nitrogens with zero attached hydrogens (tertiary/aromatic N) is 4. The average Bonchev–Trinajstić information content (AvgIpc) is 4.14. The van der Waals surface area contributed by atoms with Gasteiger partial charge in [0.2, 0.25) is 0 Å². The topological polar surface area (TPSA) is 16.3 Å². The van der Waals surface area contributed by atoms with E-state index in [0.29, 0.717) is 0 Å². The van der Waals surface area contributed by atoms with E-state index >= 15 is 0 Å². The minimum atomic E-state index is 1.08. The van der Waals surface area contributed by atoms with Crippen molar-refractivity contribution in [3.63, 3.8) is 0 Å². The lowest BCUT2D eigenvalue weighted by Crippen LogP contribution is -2.11. The molecule has 352 valence electrons. The Balaban J connectivity index is 0.853. The van der Waals surface area contributed by atoms with E-state index in [1.165, 1.54) is 74.6 Å². The molecule has 75 heavy (non-hydrogen) atoms. The lowest BCUT2D eigenvalue weighted by molar-refractivity contribution is 1.18. The zero-order valence-electron chi connectivity index (χ0n) is 40.8. The van der Waals surface area contributed by atoms with Crippen molar-refractivity contribution in [1.29, 1.82) is 0 Å². The van der Waals surface area contributed by atoms with Crippen LogP contribution in [0.25, 0.3) is 97.1 Å². The van der Waals surface area contributed by atoms with Gasteiger partial charge in [-0.25, -0.2) is 0 Å². The van der Waals surface area contributed by atoms with E-state index in [1.54, 1.807) is 0 Å². The van der Waals surface area contributed by atoms with Crippen molar-refractivity contribution in [3.8, 4) is 22.5 Å². The first-order valence-electron chi connectivity index (χ1n) is 25.6. The summed E-state index contributed by atoms with van der Waals surface area (Å²) in [6, 6.07) is 102. The smallest absolute Gasteiger partial charge is 0.0719 e. The van der Waals surface area contributed by atoms with Crippen molar-refractivity contribution in [2.45, 2.75) is 0 Å². The molecule has 3 heterocycles. The van der Waals surface area contributed by atoms with Crippen LogP contribution in [0.3, 0.4) is 0 Å². The van der Waals surface area contributed by atoms with Gasteiger partial charge in [0.1, 0.15) is 0 Å². The number of rotatable bonds is 9. The molecule has 0 aliphatic carbocycles. The monoisotopic (exact) mass is 974 g/mol. The Morgan fingerprint density at radius 1 is 0.293 bits per heavy atom. The first kappa shape index (κ1) is 43.0. The second kappa shape index (κ2) is 17.5. The zero-order chi connectivity index (χ0) is 49.4. The molecule has 0 atom stereocenters. The maximum atomic E-state index is 2.46. The summed E-state index contributed by atoms with van der Waals surface area (Å²) in [5.74, 6) is 0. The molecule has 15 rings (SSSR count). The number of thiophene rings is 1. The molecule has 4 nitrogen and oxygen atoms in total. The van der Waals surface area contributed by atoms with Crippen molar-refractivity contribution in [1.82, 2.24) is 9.13 Å². The van der Waals surface area contributed by atoms with E-state index in [1.807, 2.05) is 11.3 Å². The Hall–Kier alpha value is -9.68. The van der Waals surface area contributed by atoms with Crippen LogP contribution in [0.15, 0.2) is 279 Å². The number of benzene rings is 12. The van der Waals surface area contributed by atoms with Crippen LogP contribution in [0.4, 0.5) is 34.1 Å². The number of hydrogen-bond donors (Lipinski definition) is 0. The minimum absolute atomic E-state index is 1.08. The lowest BCUT2D eigenvalue weighted by Gasteiger charge is -2.28. The molecule has 5 heteroatoms. The van der Waals surface area contributed by atoms with Gasteiger partial charge in [-0.05, 0) is 132 Å². The Morgan fingerprint density at radius 2 is 0.840 bits per heavy atom.